The summed E-state index contributed by atoms with van der Waals surface area (Å²) in [4.78, 5) is 28.4. The molecule has 2 N–H and O–H groups in total. The fourth-order valence-corrected chi connectivity index (χ4v) is 3.18. The highest BCUT2D eigenvalue weighted by Gasteiger charge is 2.23. The van der Waals surface area contributed by atoms with Crippen molar-refractivity contribution >= 4 is 23.2 Å². The molecule has 2 aromatic rings. The molecule has 0 saturated heterocycles. The zero-order valence-corrected chi connectivity index (χ0v) is 15.5. The molecular weight excluding hydrogens is 340 g/mol. The van der Waals surface area contributed by atoms with E-state index in [2.05, 4.69) is 10.3 Å². The summed E-state index contributed by atoms with van der Waals surface area (Å²) in [6, 6.07) is 7.07. The number of ether oxygens (including phenoxy) is 1. The third kappa shape index (κ3) is 4.57. The van der Waals surface area contributed by atoms with Crippen LogP contribution in [0, 0.1) is 12.8 Å². The molecule has 2 unspecified atom stereocenters. The molecule has 2 atom stereocenters. The van der Waals surface area contributed by atoms with E-state index in [0.717, 1.165) is 16.3 Å². The summed E-state index contributed by atoms with van der Waals surface area (Å²) in [6.07, 6.45) is 0. The van der Waals surface area contributed by atoms with Crippen LogP contribution in [0.1, 0.15) is 36.1 Å². The van der Waals surface area contributed by atoms with Gasteiger partial charge in [0.1, 0.15) is 15.6 Å². The van der Waals surface area contributed by atoms with E-state index in [1.807, 2.05) is 31.2 Å². The number of aliphatic carboxylic acids is 1. The summed E-state index contributed by atoms with van der Waals surface area (Å²) in [5.41, 5.74) is 1.53. The summed E-state index contributed by atoms with van der Waals surface area (Å²) in [7, 11) is 0. The van der Waals surface area contributed by atoms with Crippen molar-refractivity contribution in [1.29, 1.82) is 0 Å². The van der Waals surface area contributed by atoms with Crippen LogP contribution in [0.5, 0.6) is 5.75 Å². The SMILES string of the molecule is CCOc1ccc(-c2nc(C)c(C(=O)NC(C)C(C)C(=O)O)s2)cc1. The highest BCUT2D eigenvalue weighted by atomic mass is 32.1. The normalized spacial score (nSPS) is 13.1. The quantitative estimate of drug-likeness (QED) is 0.788. The number of aromatic nitrogens is 1. The Morgan fingerprint density at radius 1 is 1.28 bits per heavy atom. The molecule has 0 fully saturated rings. The van der Waals surface area contributed by atoms with Crippen molar-refractivity contribution in [3.05, 3.63) is 34.8 Å². The number of carbonyl (C=O) groups is 2. The molecule has 0 saturated carbocycles. The van der Waals surface area contributed by atoms with Crippen molar-refractivity contribution < 1.29 is 19.4 Å². The van der Waals surface area contributed by atoms with Crippen LogP contribution < -0.4 is 10.1 Å². The number of amides is 1. The number of aryl methyl sites for hydroxylation is 1. The Labute approximate surface area is 150 Å². The van der Waals surface area contributed by atoms with E-state index in [-0.39, 0.29) is 5.91 Å². The summed E-state index contributed by atoms with van der Waals surface area (Å²) in [5, 5.41) is 12.5. The maximum Gasteiger partial charge on any atom is 0.308 e. The Bertz CT molecular complexity index is 755. The second-order valence-corrected chi connectivity index (χ2v) is 6.78. The van der Waals surface area contributed by atoms with Gasteiger partial charge < -0.3 is 15.2 Å². The van der Waals surface area contributed by atoms with Gasteiger partial charge in [-0.3, -0.25) is 9.59 Å². The third-order valence-corrected chi connectivity index (χ3v) is 5.12. The number of carbonyl (C=O) groups excluding carboxylic acids is 1. The van der Waals surface area contributed by atoms with Gasteiger partial charge in [-0.15, -0.1) is 11.3 Å². The predicted molar refractivity (Wildman–Crippen MR) is 97.2 cm³/mol. The van der Waals surface area contributed by atoms with Gasteiger partial charge in [0.2, 0.25) is 0 Å². The van der Waals surface area contributed by atoms with Gasteiger partial charge >= 0.3 is 5.97 Å². The third-order valence-electron chi connectivity index (χ3n) is 3.91. The van der Waals surface area contributed by atoms with E-state index in [1.54, 1.807) is 20.8 Å². The number of rotatable bonds is 7. The number of benzene rings is 1. The summed E-state index contributed by atoms with van der Waals surface area (Å²) >= 11 is 1.29. The first-order valence-corrected chi connectivity index (χ1v) is 8.89. The standard InChI is InChI=1S/C18H22N2O4S/c1-5-24-14-8-6-13(7-9-14)17-20-12(4)15(25-17)16(21)19-11(3)10(2)18(22)23/h6-11H,5H2,1-4H3,(H,19,21)(H,22,23). The van der Waals surface area contributed by atoms with Crippen molar-refractivity contribution in [2.75, 3.05) is 6.61 Å². The van der Waals surface area contributed by atoms with E-state index >= 15 is 0 Å². The average molecular weight is 362 g/mol. The van der Waals surface area contributed by atoms with E-state index in [9.17, 15) is 9.59 Å². The van der Waals surface area contributed by atoms with Crippen LogP contribution in [0.15, 0.2) is 24.3 Å². The molecule has 0 aliphatic heterocycles. The highest BCUT2D eigenvalue weighted by molar-refractivity contribution is 7.17. The molecule has 7 heteroatoms. The van der Waals surface area contributed by atoms with Crippen molar-refractivity contribution in [3.63, 3.8) is 0 Å². The number of nitrogens with one attached hydrogen (secondary N) is 1. The van der Waals surface area contributed by atoms with Crippen LogP contribution in [0.2, 0.25) is 0 Å². The van der Waals surface area contributed by atoms with Crippen LogP contribution in [-0.4, -0.2) is 34.6 Å². The topological polar surface area (TPSA) is 88.5 Å². The lowest BCUT2D eigenvalue weighted by Gasteiger charge is -2.17. The minimum Gasteiger partial charge on any atom is -0.494 e. The second kappa shape index (κ2) is 8.11. The number of thiazole rings is 1. The molecule has 25 heavy (non-hydrogen) atoms. The van der Waals surface area contributed by atoms with Crippen LogP contribution >= 0.6 is 11.3 Å². The zero-order chi connectivity index (χ0) is 18.6. The molecule has 1 amide bonds. The lowest BCUT2D eigenvalue weighted by atomic mass is 10.0. The number of nitrogens with zero attached hydrogens (tertiary/aromatic N) is 1. The minimum absolute atomic E-state index is 0.298. The first-order chi connectivity index (χ1) is 11.8. The first kappa shape index (κ1) is 18.9. The van der Waals surface area contributed by atoms with Gasteiger partial charge in [0, 0.05) is 11.6 Å². The summed E-state index contributed by atoms with van der Waals surface area (Å²) in [5.74, 6) is -1.12. The Morgan fingerprint density at radius 2 is 1.92 bits per heavy atom. The van der Waals surface area contributed by atoms with Crippen LogP contribution in [0.4, 0.5) is 0 Å². The molecule has 1 heterocycles. The number of hydrogen-bond donors (Lipinski definition) is 2. The molecule has 1 aromatic carbocycles. The molecule has 0 spiro atoms. The van der Waals surface area contributed by atoms with Crippen LogP contribution in [0.3, 0.4) is 0 Å². The Balaban J connectivity index is 2.16. The van der Waals surface area contributed by atoms with Gasteiger partial charge in [-0.05, 0) is 52.0 Å². The highest BCUT2D eigenvalue weighted by Crippen LogP contribution is 2.29. The van der Waals surface area contributed by atoms with E-state index in [4.69, 9.17) is 9.84 Å². The predicted octanol–water partition coefficient (Wildman–Crippen LogP) is 3.36. The van der Waals surface area contributed by atoms with Gasteiger partial charge in [-0.25, -0.2) is 4.98 Å². The molecule has 0 aliphatic carbocycles. The summed E-state index contributed by atoms with van der Waals surface area (Å²) < 4.78 is 5.42. The lowest BCUT2D eigenvalue weighted by Crippen LogP contribution is -2.39. The number of carboxylic acids is 1. The maximum atomic E-state index is 12.4. The van der Waals surface area contributed by atoms with Crippen LogP contribution in [0.25, 0.3) is 10.6 Å². The fourth-order valence-electron chi connectivity index (χ4n) is 2.20. The molecule has 2 rings (SSSR count). The van der Waals surface area contributed by atoms with E-state index < -0.39 is 17.9 Å². The van der Waals surface area contributed by atoms with E-state index in [0.29, 0.717) is 17.2 Å². The molecule has 0 radical (unpaired) electrons. The summed E-state index contributed by atoms with van der Waals surface area (Å²) in [6.45, 7) is 7.55. The molecule has 0 bridgehead atoms. The number of hydrogen-bond acceptors (Lipinski definition) is 5. The molecular formula is C18H22N2O4S. The second-order valence-electron chi connectivity index (χ2n) is 5.78. The van der Waals surface area contributed by atoms with Gasteiger partial charge in [0.15, 0.2) is 0 Å². The fraction of sp³-hybridized carbons (Fsp3) is 0.389. The Morgan fingerprint density at radius 3 is 2.48 bits per heavy atom. The van der Waals surface area contributed by atoms with Crippen molar-refractivity contribution in [1.82, 2.24) is 10.3 Å². The Kier molecular flexibility index (Phi) is 6.14. The van der Waals surface area contributed by atoms with Gasteiger partial charge in [-0.2, -0.15) is 0 Å². The van der Waals surface area contributed by atoms with Crippen molar-refractivity contribution in [2.45, 2.75) is 33.7 Å². The number of carboxylic acid groups (broad SMARTS) is 1. The van der Waals surface area contributed by atoms with Crippen molar-refractivity contribution in [3.8, 4) is 16.3 Å². The van der Waals surface area contributed by atoms with Crippen molar-refractivity contribution in [2.24, 2.45) is 5.92 Å². The minimum atomic E-state index is -0.941. The monoisotopic (exact) mass is 362 g/mol. The van der Waals surface area contributed by atoms with Gasteiger partial charge in [0.25, 0.3) is 5.91 Å². The molecule has 6 nitrogen and oxygen atoms in total. The first-order valence-electron chi connectivity index (χ1n) is 8.07. The van der Waals surface area contributed by atoms with Crippen LogP contribution in [-0.2, 0) is 4.79 Å². The average Bonchev–Trinajstić information content (AvgIpc) is 2.96. The smallest absolute Gasteiger partial charge is 0.308 e. The largest absolute Gasteiger partial charge is 0.494 e. The van der Waals surface area contributed by atoms with Gasteiger partial charge in [0.05, 0.1) is 18.2 Å². The Hall–Kier alpha value is -2.41. The lowest BCUT2D eigenvalue weighted by molar-refractivity contribution is -0.141. The molecule has 0 aliphatic rings. The zero-order valence-electron chi connectivity index (χ0n) is 14.7. The maximum absolute atomic E-state index is 12.4. The van der Waals surface area contributed by atoms with Gasteiger partial charge in [-0.1, -0.05) is 0 Å². The molecule has 134 valence electrons. The van der Waals surface area contributed by atoms with E-state index in [1.165, 1.54) is 11.3 Å². The molecule has 1 aromatic heterocycles.